The molecule has 19 heavy (non-hydrogen) atoms. The average Bonchev–Trinajstić information content (AvgIpc) is 2.78. The van der Waals surface area contributed by atoms with Crippen molar-refractivity contribution >= 4 is 11.9 Å². The van der Waals surface area contributed by atoms with E-state index in [1.165, 1.54) is 12.5 Å². The summed E-state index contributed by atoms with van der Waals surface area (Å²) < 4.78 is 0. The van der Waals surface area contributed by atoms with E-state index in [9.17, 15) is 9.59 Å². The summed E-state index contributed by atoms with van der Waals surface area (Å²) in [7, 11) is 0. The fraction of sp³-hybridized carbons (Fsp3) is 0.583. The van der Waals surface area contributed by atoms with Gasteiger partial charge in [0.25, 0.3) is 0 Å². The van der Waals surface area contributed by atoms with Crippen molar-refractivity contribution < 1.29 is 14.7 Å². The highest BCUT2D eigenvalue weighted by Crippen LogP contribution is 2.17. The molecule has 0 saturated heterocycles. The van der Waals surface area contributed by atoms with Gasteiger partial charge in [-0.2, -0.15) is 0 Å². The van der Waals surface area contributed by atoms with Gasteiger partial charge in [0.2, 0.25) is 5.91 Å². The predicted molar refractivity (Wildman–Crippen MR) is 69.3 cm³/mol. The zero-order valence-electron chi connectivity index (χ0n) is 11.3. The number of carbonyl (C=O) groups is 2. The molecule has 0 fully saturated rings. The number of carboxylic acid groups (broad SMARTS) is 1. The zero-order chi connectivity index (χ0) is 14.6. The van der Waals surface area contributed by atoms with Crippen LogP contribution in [0.3, 0.4) is 0 Å². The van der Waals surface area contributed by atoms with Crippen LogP contribution in [0.25, 0.3) is 0 Å². The lowest BCUT2D eigenvalue weighted by Crippen LogP contribution is -2.53. The Kier molecular flexibility index (Phi) is 4.66. The maximum absolute atomic E-state index is 11.9. The first-order valence-electron chi connectivity index (χ1n) is 5.98. The molecular weight excluding hydrogens is 248 g/mol. The molecule has 7 nitrogen and oxygen atoms in total. The fourth-order valence-electron chi connectivity index (χ4n) is 1.47. The SMILES string of the molecule is CC(C)(C)[C@H](N)C(=O)NC(Cc1cnc[nH]1)C(=O)O. The minimum absolute atomic E-state index is 0.137. The molecule has 1 unspecified atom stereocenters. The normalized spacial score (nSPS) is 14.7. The number of carboxylic acids is 1. The molecule has 0 spiro atoms. The number of carbonyl (C=O) groups excluding carboxylic acids is 1. The number of imidazole rings is 1. The van der Waals surface area contributed by atoms with Gasteiger partial charge in [0.05, 0.1) is 12.4 Å². The van der Waals surface area contributed by atoms with Gasteiger partial charge in [-0.15, -0.1) is 0 Å². The molecule has 1 heterocycles. The van der Waals surface area contributed by atoms with Crippen LogP contribution < -0.4 is 11.1 Å². The number of nitrogens with one attached hydrogen (secondary N) is 2. The van der Waals surface area contributed by atoms with Crippen LogP contribution in [-0.4, -0.2) is 39.0 Å². The smallest absolute Gasteiger partial charge is 0.326 e. The Morgan fingerprint density at radius 1 is 1.53 bits per heavy atom. The van der Waals surface area contributed by atoms with E-state index in [4.69, 9.17) is 10.8 Å². The summed E-state index contributed by atoms with van der Waals surface area (Å²) in [6.07, 6.45) is 3.11. The van der Waals surface area contributed by atoms with Gasteiger partial charge in [0, 0.05) is 18.3 Å². The molecule has 0 aliphatic rings. The molecule has 1 rings (SSSR count). The first-order valence-corrected chi connectivity index (χ1v) is 5.98. The maximum Gasteiger partial charge on any atom is 0.326 e. The number of nitrogens with zero attached hydrogens (tertiary/aromatic N) is 1. The summed E-state index contributed by atoms with van der Waals surface area (Å²) in [4.78, 5) is 29.7. The number of hydrogen-bond donors (Lipinski definition) is 4. The third-order valence-corrected chi connectivity index (χ3v) is 2.81. The Morgan fingerprint density at radius 3 is 2.58 bits per heavy atom. The van der Waals surface area contributed by atoms with Gasteiger partial charge < -0.3 is 21.1 Å². The maximum atomic E-state index is 11.9. The highest BCUT2D eigenvalue weighted by atomic mass is 16.4. The lowest BCUT2D eigenvalue weighted by molar-refractivity contribution is -0.142. The second-order valence-electron chi connectivity index (χ2n) is 5.52. The molecule has 106 valence electrons. The number of aromatic amines is 1. The van der Waals surface area contributed by atoms with Gasteiger partial charge in [0.1, 0.15) is 6.04 Å². The molecule has 2 atom stereocenters. The van der Waals surface area contributed by atoms with E-state index >= 15 is 0 Å². The highest BCUT2D eigenvalue weighted by molar-refractivity contribution is 5.87. The first-order chi connectivity index (χ1) is 8.71. The number of H-pyrrole nitrogens is 1. The number of amides is 1. The van der Waals surface area contributed by atoms with Crippen molar-refractivity contribution in [2.75, 3.05) is 0 Å². The van der Waals surface area contributed by atoms with Crippen LogP contribution in [0.15, 0.2) is 12.5 Å². The fourth-order valence-corrected chi connectivity index (χ4v) is 1.47. The minimum Gasteiger partial charge on any atom is -0.480 e. The van der Waals surface area contributed by atoms with Crippen molar-refractivity contribution in [3.63, 3.8) is 0 Å². The largest absolute Gasteiger partial charge is 0.480 e. The number of nitrogens with two attached hydrogens (primary N) is 1. The van der Waals surface area contributed by atoms with Crippen LogP contribution in [0.1, 0.15) is 26.5 Å². The van der Waals surface area contributed by atoms with Crippen molar-refractivity contribution in [1.82, 2.24) is 15.3 Å². The molecule has 0 aromatic carbocycles. The summed E-state index contributed by atoms with van der Waals surface area (Å²) in [5.74, 6) is -1.58. The van der Waals surface area contributed by atoms with Crippen LogP contribution in [0, 0.1) is 5.41 Å². The second-order valence-corrected chi connectivity index (χ2v) is 5.52. The van der Waals surface area contributed by atoms with Gasteiger partial charge in [-0.1, -0.05) is 20.8 Å². The van der Waals surface area contributed by atoms with E-state index in [1.54, 1.807) is 0 Å². The second kappa shape index (κ2) is 5.83. The van der Waals surface area contributed by atoms with Crippen molar-refractivity contribution in [1.29, 1.82) is 0 Å². The molecule has 0 bridgehead atoms. The zero-order valence-corrected chi connectivity index (χ0v) is 11.3. The minimum atomic E-state index is -1.11. The van der Waals surface area contributed by atoms with Crippen LogP contribution in [0.2, 0.25) is 0 Å². The molecule has 0 saturated carbocycles. The van der Waals surface area contributed by atoms with E-state index in [0.29, 0.717) is 5.69 Å². The van der Waals surface area contributed by atoms with Gasteiger partial charge in [-0.05, 0) is 5.41 Å². The van der Waals surface area contributed by atoms with E-state index in [1.807, 2.05) is 20.8 Å². The molecule has 1 aromatic rings. The molecule has 5 N–H and O–H groups in total. The number of hydrogen-bond acceptors (Lipinski definition) is 4. The Balaban J connectivity index is 2.69. The number of rotatable bonds is 5. The Morgan fingerprint density at radius 2 is 2.16 bits per heavy atom. The van der Waals surface area contributed by atoms with E-state index in [2.05, 4.69) is 15.3 Å². The third-order valence-electron chi connectivity index (χ3n) is 2.81. The molecule has 1 aromatic heterocycles. The Hall–Kier alpha value is -1.89. The van der Waals surface area contributed by atoms with Crippen molar-refractivity contribution in [2.24, 2.45) is 11.1 Å². The number of aliphatic carboxylic acids is 1. The van der Waals surface area contributed by atoms with Crippen molar-refractivity contribution in [3.8, 4) is 0 Å². The molecular formula is C12H20N4O3. The quantitative estimate of drug-likeness (QED) is 0.594. The molecule has 7 heteroatoms. The summed E-state index contributed by atoms with van der Waals surface area (Å²) in [5.41, 5.74) is 6.00. The Labute approximate surface area is 111 Å². The lowest BCUT2D eigenvalue weighted by Gasteiger charge is -2.27. The highest BCUT2D eigenvalue weighted by Gasteiger charge is 2.30. The topological polar surface area (TPSA) is 121 Å². The predicted octanol–water partition coefficient (Wildman–Crippen LogP) is -0.105. The van der Waals surface area contributed by atoms with Crippen LogP contribution >= 0.6 is 0 Å². The van der Waals surface area contributed by atoms with Gasteiger partial charge in [-0.3, -0.25) is 4.79 Å². The summed E-state index contributed by atoms with van der Waals surface area (Å²) in [6.45, 7) is 5.46. The van der Waals surface area contributed by atoms with Gasteiger partial charge >= 0.3 is 5.97 Å². The monoisotopic (exact) mass is 268 g/mol. The van der Waals surface area contributed by atoms with E-state index in [-0.39, 0.29) is 6.42 Å². The third kappa shape index (κ3) is 4.36. The number of aromatic nitrogens is 2. The summed E-state index contributed by atoms with van der Waals surface area (Å²) in [6, 6.07) is -1.79. The van der Waals surface area contributed by atoms with Crippen LogP contribution in [-0.2, 0) is 16.0 Å². The summed E-state index contributed by atoms with van der Waals surface area (Å²) >= 11 is 0. The van der Waals surface area contributed by atoms with Gasteiger partial charge in [-0.25, -0.2) is 9.78 Å². The average molecular weight is 268 g/mol. The van der Waals surface area contributed by atoms with Crippen molar-refractivity contribution in [3.05, 3.63) is 18.2 Å². The van der Waals surface area contributed by atoms with Crippen molar-refractivity contribution in [2.45, 2.75) is 39.3 Å². The molecule has 1 amide bonds. The van der Waals surface area contributed by atoms with Gasteiger partial charge in [0.15, 0.2) is 0 Å². The molecule has 0 aliphatic heterocycles. The standard InChI is InChI=1S/C12H20N4O3/c1-12(2,3)9(13)10(17)16-8(11(18)19)4-7-5-14-6-15-7/h5-6,8-9H,4,13H2,1-3H3,(H,14,15)(H,16,17)(H,18,19)/t8?,9-/m1/s1. The lowest BCUT2D eigenvalue weighted by atomic mass is 9.87. The van der Waals surface area contributed by atoms with Crippen LogP contribution in [0.5, 0.6) is 0 Å². The van der Waals surface area contributed by atoms with E-state index in [0.717, 1.165) is 0 Å². The molecule has 0 aliphatic carbocycles. The molecule has 0 radical (unpaired) electrons. The first kappa shape index (κ1) is 15.2. The van der Waals surface area contributed by atoms with E-state index < -0.39 is 29.4 Å². The summed E-state index contributed by atoms with van der Waals surface area (Å²) in [5, 5.41) is 11.6. The van der Waals surface area contributed by atoms with Crippen LogP contribution in [0.4, 0.5) is 0 Å². The Bertz CT molecular complexity index is 436.